The van der Waals surface area contributed by atoms with Crippen LogP contribution in [0.2, 0.25) is 0 Å². The van der Waals surface area contributed by atoms with E-state index < -0.39 is 0 Å². The van der Waals surface area contributed by atoms with E-state index in [9.17, 15) is 14.4 Å². The van der Waals surface area contributed by atoms with Crippen LogP contribution in [0.25, 0.3) is 0 Å². The van der Waals surface area contributed by atoms with Crippen molar-refractivity contribution in [1.29, 1.82) is 0 Å². The lowest BCUT2D eigenvalue weighted by molar-refractivity contribution is -0.134. The minimum Gasteiger partial charge on any atom is -0.353 e. The summed E-state index contributed by atoms with van der Waals surface area (Å²) in [6.45, 7) is 1.31. The van der Waals surface area contributed by atoms with E-state index in [-0.39, 0.29) is 36.2 Å². The SMILES string of the molecule is Cn1cc(CCC(=O)NC2CCN(C(=O)CNC(=O)C3CC3)CC2)cn1. The minimum atomic E-state index is -0.0413. The van der Waals surface area contributed by atoms with Gasteiger partial charge in [0.2, 0.25) is 17.7 Å². The smallest absolute Gasteiger partial charge is 0.241 e. The number of rotatable bonds is 7. The third-order valence-corrected chi connectivity index (χ3v) is 4.97. The van der Waals surface area contributed by atoms with Gasteiger partial charge in [0.1, 0.15) is 0 Å². The van der Waals surface area contributed by atoms with Crippen molar-refractivity contribution in [3.63, 3.8) is 0 Å². The number of carbonyl (C=O) groups is 3. The maximum atomic E-state index is 12.2. The molecule has 1 aliphatic heterocycles. The number of aryl methyl sites for hydroxylation is 2. The van der Waals surface area contributed by atoms with E-state index >= 15 is 0 Å². The van der Waals surface area contributed by atoms with Crippen LogP contribution in [-0.2, 0) is 27.9 Å². The highest BCUT2D eigenvalue weighted by atomic mass is 16.2. The molecule has 1 saturated heterocycles. The number of aromatic nitrogens is 2. The average Bonchev–Trinajstić information content (AvgIpc) is 3.40. The van der Waals surface area contributed by atoms with E-state index in [0.717, 1.165) is 31.2 Å². The van der Waals surface area contributed by atoms with Gasteiger partial charge in [0.05, 0.1) is 12.7 Å². The summed E-state index contributed by atoms with van der Waals surface area (Å²) < 4.78 is 1.73. The van der Waals surface area contributed by atoms with Crippen LogP contribution in [0, 0.1) is 5.92 Å². The Bertz CT molecular complexity index is 660. The first kappa shape index (κ1) is 18.4. The fourth-order valence-corrected chi connectivity index (χ4v) is 3.20. The van der Waals surface area contributed by atoms with Crippen LogP contribution in [0.5, 0.6) is 0 Å². The Morgan fingerprint density at radius 2 is 1.92 bits per heavy atom. The maximum Gasteiger partial charge on any atom is 0.241 e. The highest BCUT2D eigenvalue weighted by Crippen LogP contribution is 2.28. The van der Waals surface area contributed by atoms with Gasteiger partial charge in [-0.1, -0.05) is 0 Å². The molecule has 142 valence electrons. The second-order valence-electron chi connectivity index (χ2n) is 7.24. The third-order valence-electron chi connectivity index (χ3n) is 4.97. The van der Waals surface area contributed by atoms with Crippen LogP contribution in [0.1, 0.15) is 37.7 Å². The van der Waals surface area contributed by atoms with Gasteiger partial charge in [-0.25, -0.2) is 0 Å². The van der Waals surface area contributed by atoms with Crippen molar-refractivity contribution in [2.75, 3.05) is 19.6 Å². The van der Waals surface area contributed by atoms with Crippen molar-refractivity contribution in [3.8, 4) is 0 Å². The number of carbonyl (C=O) groups excluding carboxylic acids is 3. The summed E-state index contributed by atoms with van der Waals surface area (Å²) in [6, 6.07) is 0.113. The van der Waals surface area contributed by atoms with Crippen molar-refractivity contribution >= 4 is 17.7 Å². The highest BCUT2D eigenvalue weighted by Gasteiger charge is 2.30. The molecule has 0 aromatic carbocycles. The molecule has 2 N–H and O–H groups in total. The normalized spacial score (nSPS) is 17.8. The third kappa shape index (κ3) is 5.31. The lowest BCUT2D eigenvalue weighted by Gasteiger charge is -2.32. The molecular formula is C18H27N5O3. The second-order valence-corrected chi connectivity index (χ2v) is 7.24. The number of amides is 3. The number of nitrogens with zero attached hydrogens (tertiary/aromatic N) is 3. The van der Waals surface area contributed by atoms with Gasteiger partial charge in [-0.05, 0) is 37.7 Å². The monoisotopic (exact) mass is 361 g/mol. The van der Waals surface area contributed by atoms with Gasteiger partial charge in [-0.15, -0.1) is 0 Å². The molecule has 0 unspecified atom stereocenters. The predicted molar refractivity (Wildman–Crippen MR) is 95.0 cm³/mol. The summed E-state index contributed by atoms with van der Waals surface area (Å²) >= 11 is 0. The van der Waals surface area contributed by atoms with E-state index in [1.54, 1.807) is 15.8 Å². The van der Waals surface area contributed by atoms with Crippen LogP contribution >= 0.6 is 0 Å². The van der Waals surface area contributed by atoms with Crippen molar-refractivity contribution in [1.82, 2.24) is 25.3 Å². The quantitative estimate of drug-likeness (QED) is 0.714. The van der Waals surface area contributed by atoms with E-state index in [2.05, 4.69) is 15.7 Å². The Hall–Kier alpha value is -2.38. The van der Waals surface area contributed by atoms with Crippen LogP contribution in [-0.4, -0.2) is 58.1 Å². The zero-order valence-electron chi connectivity index (χ0n) is 15.2. The van der Waals surface area contributed by atoms with E-state index in [1.807, 2.05) is 13.2 Å². The molecule has 8 heteroatoms. The lowest BCUT2D eigenvalue weighted by atomic mass is 10.0. The number of hydrogen-bond donors (Lipinski definition) is 2. The Morgan fingerprint density at radius 1 is 1.19 bits per heavy atom. The molecule has 1 saturated carbocycles. The summed E-state index contributed by atoms with van der Waals surface area (Å²) in [5.41, 5.74) is 1.05. The van der Waals surface area contributed by atoms with Gasteiger partial charge in [-0.2, -0.15) is 5.10 Å². The van der Waals surface area contributed by atoms with Gasteiger partial charge < -0.3 is 15.5 Å². The standard InChI is InChI=1S/C18H27N5O3/c1-22-12-13(10-20-22)2-5-16(24)21-15-6-8-23(9-7-15)17(25)11-19-18(26)14-3-4-14/h10,12,14-15H,2-9,11H2,1H3,(H,19,26)(H,21,24). The largest absolute Gasteiger partial charge is 0.353 e. The van der Waals surface area contributed by atoms with Crippen molar-refractivity contribution in [2.45, 2.75) is 44.6 Å². The first-order valence-corrected chi connectivity index (χ1v) is 9.33. The molecule has 2 aliphatic rings. The van der Waals surface area contributed by atoms with Crippen LogP contribution in [0.15, 0.2) is 12.4 Å². The zero-order chi connectivity index (χ0) is 18.5. The van der Waals surface area contributed by atoms with E-state index in [0.29, 0.717) is 25.9 Å². The van der Waals surface area contributed by atoms with E-state index in [4.69, 9.17) is 0 Å². The Kier molecular flexibility index (Phi) is 5.90. The minimum absolute atomic E-state index is 0.00545. The molecule has 1 aromatic heterocycles. The number of likely N-dealkylation sites (tertiary alicyclic amines) is 1. The molecule has 0 bridgehead atoms. The zero-order valence-corrected chi connectivity index (χ0v) is 15.2. The topological polar surface area (TPSA) is 96.3 Å². The van der Waals surface area contributed by atoms with Crippen molar-refractivity contribution < 1.29 is 14.4 Å². The summed E-state index contributed by atoms with van der Waals surface area (Å²) in [5, 5.41) is 9.86. The molecule has 0 radical (unpaired) electrons. The summed E-state index contributed by atoms with van der Waals surface area (Å²) in [6.07, 6.45) is 8.19. The second kappa shape index (κ2) is 8.33. The summed E-state index contributed by atoms with van der Waals surface area (Å²) in [5.74, 6) is 0.111. The number of nitrogens with one attached hydrogen (secondary N) is 2. The summed E-state index contributed by atoms with van der Waals surface area (Å²) in [4.78, 5) is 37.6. The first-order valence-electron chi connectivity index (χ1n) is 9.33. The molecule has 1 aliphatic carbocycles. The van der Waals surface area contributed by atoms with E-state index in [1.165, 1.54) is 0 Å². The molecule has 3 amide bonds. The van der Waals surface area contributed by atoms with Crippen molar-refractivity contribution in [2.24, 2.45) is 13.0 Å². The van der Waals surface area contributed by atoms with Gasteiger partial charge in [0.15, 0.2) is 0 Å². The number of hydrogen-bond acceptors (Lipinski definition) is 4. The number of piperidine rings is 1. The molecule has 0 atom stereocenters. The van der Waals surface area contributed by atoms with Gasteiger partial charge in [0.25, 0.3) is 0 Å². The predicted octanol–water partition coefficient (Wildman–Crippen LogP) is -0.0139. The Morgan fingerprint density at radius 3 is 2.54 bits per heavy atom. The fourth-order valence-electron chi connectivity index (χ4n) is 3.20. The molecule has 8 nitrogen and oxygen atoms in total. The maximum absolute atomic E-state index is 12.2. The van der Waals surface area contributed by atoms with Crippen LogP contribution in [0.3, 0.4) is 0 Å². The summed E-state index contributed by atoms with van der Waals surface area (Å²) in [7, 11) is 1.86. The van der Waals surface area contributed by atoms with Gasteiger partial charge in [-0.3, -0.25) is 19.1 Å². The molecule has 26 heavy (non-hydrogen) atoms. The Balaban J connectivity index is 1.31. The molecule has 0 spiro atoms. The molecular weight excluding hydrogens is 334 g/mol. The molecule has 2 heterocycles. The molecule has 3 rings (SSSR count). The lowest BCUT2D eigenvalue weighted by Crippen LogP contribution is -2.49. The molecule has 2 fully saturated rings. The Labute approximate surface area is 153 Å². The average molecular weight is 361 g/mol. The van der Waals surface area contributed by atoms with Crippen molar-refractivity contribution in [3.05, 3.63) is 18.0 Å². The first-order chi connectivity index (χ1) is 12.5. The van der Waals surface area contributed by atoms with Crippen LogP contribution < -0.4 is 10.6 Å². The van der Waals surface area contributed by atoms with Crippen LogP contribution in [0.4, 0.5) is 0 Å². The van der Waals surface area contributed by atoms with Gasteiger partial charge >= 0.3 is 0 Å². The fraction of sp³-hybridized carbons (Fsp3) is 0.667. The highest BCUT2D eigenvalue weighted by molar-refractivity contribution is 5.87. The molecule has 1 aromatic rings. The van der Waals surface area contributed by atoms with Gasteiger partial charge in [0, 0.05) is 44.7 Å².